The molecule has 1 aliphatic heterocycles. The van der Waals surface area contributed by atoms with Crippen LogP contribution in [-0.2, 0) is 19.6 Å². The number of non-ortho nitro benzene ring substituents is 1. The number of methoxy groups -OCH3 is 1. The Morgan fingerprint density at radius 2 is 1.82 bits per heavy atom. The average Bonchev–Trinajstić information content (AvgIpc) is 3.12. The molecule has 0 unspecified atom stereocenters. The molecular weight excluding hydrogens is 384 g/mol. The van der Waals surface area contributed by atoms with E-state index in [1.165, 1.54) is 19.2 Å². The van der Waals surface area contributed by atoms with E-state index in [0.717, 1.165) is 22.0 Å². The Labute approximate surface area is 162 Å². The van der Waals surface area contributed by atoms with Crippen molar-refractivity contribution in [2.24, 2.45) is 0 Å². The Morgan fingerprint density at radius 3 is 2.39 bits per heavy atom. The molecule has 0 aromatic heterocycles. The number of benzene rings is 2. The number of carbonyl (C=O) groups is 1. The summed E-state index contributed by atoms with van der Waals surface area (Å²) in [6, 6.07) is 12.8. The largest absolute Gasteiger partial charge is 0.467 e. The summed E-state index contributed by atoms with van der Waals surface area (Å²) in [7, 11) is -2.91. The summed E-state index contributed by atoms with van der Waals surface area (Å²) in [5.41, 5.74) is 1.04. The smallest absolute Gasteiger partial charge is 0.329 e. The monoisotopic (exact) mass is 402 g/mol. The number of nitrogens with zero attached hydrogens (tertiary/aromatic N) is 2. The van der Waals surface area contributed by atoms with Gasteiger partial charge in [0.15, 0.2) is 0 Å². The molecule has 2 aromatic rings. The summed E-state index contributed by atoms with van der Waals surface area (Å²) >= 11 is 0. The molecule has 1 heterocycles. The molecule has 9 heteroatoms. The molecule has 3 rings (SSSR count). The van der Waals surface area contributed by atoms with Crippen LogP contribution < -0.4 is 0 Å². The minimum atomic E-state index is -4.11. The fraction of sp³-hybridized carbons (Fsp3) is 0.211. The van der Waals surface area contributed by atoms with Crippen LogP contribution in [0, 0.1) is 10.1 Å². The van der Waals surface area contributed by atoms with Crippen molar-refractivity contribution in [3.8, 4) is 0 Å². The standard InChI is InChI=1S/C19H18N2O6S/c1-27-19(22)18-12-9-16(13-14-5-3-2-4-6-14)20(18)28(25,26)17-10-7-15(8-11-17)21(23)24/h2-8,10-11,13,18H,9,12H2,1H3/b16-13+/t18-/m1/s1. The van der Waals surface area contributed by atoms with Gasteiger partial charge in [0.25, 0.3) is 15.7 Å². The van der Waals surface area contributed by atoms with Crippen LogP contribution >= 0.6 is 0 Å². The second kappa shape index (κ2) is 7.81. The van der Waals surface area contributed by atoms with E-state index in [1.54, 1.807) is 6.08 Å². The van der Waals surface area contributed by atoms with Gasteiger partial charge in [-0.25, -0.2) is 13.2 Å². The predicted molar refractivity (Wildman–Crippen MR) is 102 cm³/mol. The first-order valence-electron chi connectivity index (χ1n) is 8.47. The first-order valence-corrected chi connectivity index (χ1v) is 9.91. The van der Waals surface area contributed by atoms with Gasteiger partial charge in [0.05, 0.1) is 16.9 Å². The van der Waals surface area contributed by atoms with Gasteiger partial charge in [-0.15, -0.1) is 0 Å². The van der Waals surface area contributed by atoms with Crippen molar-refractivity contribution in [2.75, 3.05) is 7.11 Å². The molecule has 1 aliphatic rings. The van der Waals surface area contributed by atoms with Gasteiger partial charge >= 0.3 is 5.97 Å². The third-order valence-corrected chi connectivity index (χ3v) is 6.33. The maximum Gasteiger partial charge on any atom is 0.329 e. The highest BCUT2D eigenvalue weighted by Gasteiger charge is 2.42. The lowest BCUT2D eigenvalue weighted by atomic mass is 10.1. The number of hydrogen-bond acceptors (Lipinski definition) is 6. The molecular formula is C19H18N2O6S. The van der Waals surface area contributed by atoms with Crippen LogP contribution in [0.3, 0.4) is 0 Å². The molecule has 2 aromatic carbocycles. The molecule has 0 radical (unpaired) electrons. The van der Waals surface area contributed by atoms with Crippen LogP contribution in [0.25, 0.3) is 6.08 Å². The topological polar surface area (TPSA) is 107 Å². The van der Waals surface area contributed by atoms with E-state index in [2.05, 4.69) is 0 Å². The normalized spacial score (nSPS) is 18.2. The number of nitro groups is 1. The summed E-state index contributed by atoms with van der Waals surface area (Å²) in [5.74, 6) is -0.651. The highest BCUT2D eigenvalue weighted by Crippen LogP contribution is 2.35. The Bertz CT molecular complexity index is 1020. The third kappa shape index (κ3) is 3.74. The Hall–Kier alpha value is -3.20. The zero-order chi connectivity index (χ0) is 20.3. The van der Waals surface area contributed by atoms with Gasteiger partial charge in [-0.2, -0.15) is 0 Å². The fourth-order valence-electron chi connectivity index (χ4n) is 3.11. The van der Waals surface area contributed by atoms with E-state index in [4.69, 9.17) is 4.74 Å². The fourth-order valence-corrected chi connectivity index (χ4v) is 4.80. The first kappa shape index (κ1) is 19.6. The van der Waals surface area contributed by atoms with Gasteiger partial charge in [0.1, 0.15) is 6.04 Å². The second-order valence-corrected chi connectivity index (χ2v) is 7.99. The van der Waals surface area contributed by atoms with E-state index >= 15 is 0 Å². The second-order valence-electron chi connectivity index (χ2n) is 6.18. The third-order valence-electron chi connectivity index (χ3n) is 4.45. The lowest BCUT2D eigenvalue weighted by molar-refractivity contribution is -0.384. The summed E-state index contributed by atoms with van der Waals surface area (Å²) < 4.78 is 32.4. The Balaban J connectivity index is 2.06. The molecule has 1 saturated heterocycles. The maximum absolute atomic E-state index is 13.3. The molecule has 1 atom stereocenters. The minimum Gasteiger partial charge on any atom is -0.467 e. The van der Waals surface area contributed by atoms with E-state index in [-0.39, 0.29) is 17.0 Å². The lowest BCUT2D eigenvalue weighted by Crippen LogP contribution is -2.40. The summed E-state index contributed by atoms with van der Waals surface area (Å²) in [6.45, 7) is 0. The molecule has 8 nitrogen and oxygen atoms in total. The van der Waals surface area contributed by atoms with Gasteiger partial charge in [-0.05, 0) is 36.6 Å². The van der Waals surface area contributed by atoms with Crippen LogP contribution in [0.1, 0.15) is 18.4 Å². The van der Waals surface area contributed by atoms with Gasteiger partial charge in [-0.3, -0.25) is 14.4 Å². The van der Waals surface area contributed by atoms with Crippen LogP contribution in [0.15, 0.2) is 65.2 Å². The SMILES string of the molecule is COC(=O)[C@H]1CC/C(=C\c2ccccc2)N1S(=O)(=O)c1ccc([N+](=O)[O-])cc1. The molecule has 0 spiro atoms. The van der Waals surface area contributed by atoms with E-state index < -0.39 is 27.0 Å². The van der Waals surface area contributed by atoms with Crippen molar-refractivity contribution < 1.29 is 22.9 Å². The highest BCUT2D eigenvalue weighted by atomic mass is 32.2. The van der Waals surface area contributed by atoms with E-state index in [0.29, 0.717) is 12.1 Å². The van der Waals surface area contributed by atoms with Crippen molar-refractivity contribution in [1.29, 1.82) is 0 Å². The minimum absolute atomic E-state index is 0.132. The molecule has 28 heavy (non-hydrogen) atoms. The van der Waals surface area contributed by atoms with Crippen molar-refractivity contribution >= 4 is 27.8 Å². The average molecular weight is 402 g/mol. The molecule has 0 N–H and O–H groups in total. The van der Waals surface area contributed by atoms with E-state index in [1.807, 2.05) is 30.3 Å². The van der Waals surface area contributed by atoms with Gasteiger partial charge in [0.2, 0.25) is 0 Å². The number of sulfonamides is 1. The van der Waals surface area contributed by atoms with Crippen molar-refractivity contribution in [3.05, 3.63) is 76.0 Å². The molecule has 1 fully saturated rings. The van der Waals surface area contributed by atoms with Crippen LogP contribution in [0.2, 0.25) is 0 Å². The molecule has 0 bridgehead atoms. The van der Waals surface area contributed by atoms with Crippen molar-refractivity contribution in [2.45, 2.75) is 23.8 Å². The zero-order valence-corrected chi connectivity index (χ0v) is 15.8. The molecule has 0 amide bonds. The molecule has 0 saturated carbocycles. The quantitative estimate of drug-likeness (QED) is 0.432. The van der Waals surface area contributed by atoms with Crippen molar-refractivity contribution in [3.63, 3.8) is 0 Å². The highest BCUT2D eigenvalue weighted by molar-refractivity contribution is 7.89. The van der Waals surface area contributed by atoms with Crippen LogP contribution in [-0.4, -0.2) is 36.8 Å². The number of carbonyl (C=O) groups excluding carboxylic acids is 1. The number of allylic oxidation sites excluding steroid dienone is 1. The number of esters is 1. The number of ether oxygens (including phenoxy) is 1. The molecule has 0 aliphatic carbocycles. The summed E-state index contributed by atoms with van der Waals surface area (Å²) in [5, 5.41) is 10.8. The van der Waals surface area contributed by atoms with Crippen LogP contribution in [0.5, 0.6) is 0 Å². The molecule has 146 valence electrons. The Morgan fingerprint density at radius 1 is 1.18 bits per heavy atom. The first-order chi connectivity index (χ1) is 13.3. The van der Waals surface area contributed by atoms with Crippen LogP contribution in [0.4, 0.5) is 5.69 Å². The zero-order valence-electron chi connectivity index (χ0n) is 15.0. The Kier molecular flexibility index (Phi) is 5.46. The summed E-state index contributed by atoms with van der Waals surface area (Å²) in [4.78, 5) is 22.3. The van der Waals surface area contributed by atoms with Gasteiger partial charge < -0.3 is 4.74 Å². The number of nitro benzene ring substituents is 1. The predicted octanol–water partition coefficient (Wildman–Crippen LogP) is 2.96. The van der Waals surface area contributed by atoms with Crippen molar-refractivity contribution in [1.82, 2.24) is 4.31 Å². The number of hydrogen-bond donors (Lipinski definition) is 0. The van der Waals surface area contributed by atoms with Gasteiger partial charge in [0, 0.05) is 17.8 Å². The van der Waals surface area contributed by atoms with Gasteiger partial charge in [-0.1, -0.05) is 30.3 Å². The summed E-state index contributed by atoms with van der Waals surface area (Å²) in [6.07, 6.45) is 2.38. The number of rotatable bonds is 5. The lowest BCUT2D eigenvalue weighted by Gasteiger charge is -2.25. The van der Waals surface area contributed by atoms with E-state index in [9.17, 15) is 23.3 Å². The maximum atomic E-state index is 13.3.